The van der Waals surface area contributed by atoms with Crippen molar-refractivity contribution in [3.05, 3.63) is 69.7 Å². The number of rotatable bonds is 5. The first-order valence-electron chi connectivity index (χ1n) is 6.45. The molecule has 0 heterocycles. The lowest BCUT2D eigenvalue weighted by molar-refractivity contribution is 0.501. The summed E-state index contributed by atoms with van der Waals surface area (Å²) in [5.74, 6) is -0.977. The van der Waals surface area contributed by atoms with Crippen molar-refractivity contribution in [1.29, 1.82) is 0 Å². The second-order valence-electron chi connectivity index (χ2n) is 4.69. The summed E-state index contributed by atoms with van der Waals surface area (Å²) in [4.78, 5) is 0. The van der Waals surface area contributed by atoms with Crippen molar-refractivity contribution in [1.82, 2.24) is 5.32 Å². The Bertz CT molecular complexity index is 566. The standard InChI is InChI=1S/C16H16BrF2N/c1-20-12(9-11-5-2-3-6-14(11)17)10-13-15(18)7-4-8-16(13)19/h2-8,12,20H,9-10H2,1H3. The molecule has 0 saturated carbocycles. The molecular formula is C16H16BrF2N. The molecule has 0 radical (unpaired) electrons. The molecule has 0 bridgehead atoms. The summed E-state index contributed by atoms with van der Waals surface area (Å²) in [7, 11) is 1.81. The minimum Gasteiger partial charge on any atom is -0.316 e. The van der Waals surface area contributed by atoms with E-state index in [1.807, 2.05) is 24.3 Å². The van der Waals surface area contributed by atoms with E-state index in [0.29, 0.717) is 12.8 Å². The van der Waals surface area contributed by atoms with Gasteiger partial charge in [-0.15, -0.1) is 0 Å². The maximum absolute atomic E-state index is 13.7. The summed E-state index contributed by atoms with van der Waals surface area (Å²) < 4.78 is 28.4. The van der Waals surface area contributed by atoms with E-state index >= 15 is 0 Å². The summed E-state index contributed by atoms with van der Waals surface area (Å²) in [5.41, 5.74) is 1.25. The Balaban J connectivity index is 2.16. The fraction of sp³-hybridized carbons (Fsp3) is 0.250. The topological polar surface area (TPSA) is 12.0 Å². The van der Waals surface area contributed by atoms with Gasteiger partial charge in [0.25, 0.3) is 0 Å². The molecule has 0 saturated heterocycles. The summed E-state index contributed by atoms with van der Waals surface area (Å²) >= 11 is 3.49. The largest absolute Gasteiger partial charge is 0.316 e. The molecule has 4 heteroatoms. The van der Waals surface area contributed by atoms with Gasteiger partial charge in [-0.05, 0) is 43.7 Å². The minimum atomic E-state index is -0.489. The van der Waals surface area contributed by atoms with Crippen molar-refractivity contribution in [3.63, 3.8) is 0 Å². The van der Waals surface area contributed by atoms with Crippen LogP contribution >= 0.6 is 15.9 Å². The molecule has 2 aromatic carbocycles. The van der Waals surface area contributed by atoms with Crippen LogP contribution in [0.2, 0.25) is 0 Å². The number of nitrogens with one attached hydrogen (secondary N) is 1. The van der Waals surface area contributed by atoms with Gasteiger partial charge in [-0.2, -0.15) is 0 Å². The first kappa shape index (κ1) is 15.1. The quantitative estimate of drug-likeness (QED) is 0.864. The Morgan fingerprint density at radius 1 is 1.00 bits per heavy atom. The van der Waals surface area contributed by atoms with E-state index in [-0.39, 0.29) is 11.6 Å². The van der Waals surface area contributed by atoms with Crippen molar-refractivity contribution in [2.24, 2.45) is 0 Å². The predicted molar refractivity (Wildman–Crippen MR) is 80.8 cm³/mol. The van der Waals surface area contributed by atoms with E-state index in [2.05, 4.69) is 21.2 Å². The Labute approximate surface area is 126 Å². The lowest BCUT2D eigenvalue weighted by atomic mass is 9.98. The van der Waals surface area contributed by atoms with E-state index in [0.717, 1.165) is 10.0 Å². The third-order valence-electron chi connectivity index (χ3n) is 3.34. The maximum atomic E-state index is 13.7. The third kappa shape index (κ3) is 3.64. The van der Waals surface area contributed by atoms with Gasteiger partial charge in [0.15, 0.2) is 0 Å². The maximum Gasteiger partial charge on any atom is 0.129 e. The second-order valence-corrected chi connectivity index (χ2v) is 5.54. The van der Waals surface area contributed by atoms with Gasteiger partial charge >= 0.3 is 0 Å². The van der Waals surface area contributed by atoms with E-state index in [1.165, 1.54) is 18.2 Å². The Kier molecular flexibility index (Phi) is 5.26. The van der Waals surface area contributed by atoms with E-state index < -0.39 is 11.6 Å². The van der Waals surface area contributed by atoms with E-state index in [4.69, 9.17) is 0 Å². The van der Waals surface area contributed by atoms with E-state index in [9.17, 15) is 8.78 Å². The van der Waals surface area contributed by atoms with Crippen LogP contribution in [-0.4, -0.2) is 13.1 Å². The molecular weight excluding hydrogens is 324 g/mol. The molecule has 1 atom stereocenters. The SMILES string of the molecule is CNC(Cc1ccccc1Br)Cc1c(F)cccc1F. The number of halogens is 3. The van der Waals surface area contributed by atoms with Gasteiger partial charge in [0.05, 0.1) is 0 Å². The van der Waals surface area contributed by atoms with Gasteiger partial charge in [-0.3, -0.25) is 0 Å². The van der Waals surface area contributed by atoms with Crippen LogP contribution in [0.1, 0.15) is 11.1 Å². The van der Waals surface area contributed by atoms with Crippen LogP contribution < -0.4 is 5.32 Å². The summed E-state index contributed by atoms with van der Waals surface area (Å²) in [5, 5.41) is 3.13. The summed E-state index contributed by atoms with van der Waals surface area (Å²) in [6.07, 6.45) is 1.02. The monoisotopic (exact) mass is 339 g/mol. The first-order chi connectivity index (χ1) is 9.61. The van der Waals surface area contributed by atoms with Gasteiger partial charge in [0, 0.05) is 16.1 Å². The van der Waals surface area contributed by atoms with Crippen LogP contribution in [0, 0.1) is 11.6 Å². The van der Waals surface area contributed by atoms with Crippen molar-refractivity contribution in [2.75, 3.05) is 7.05 Å². The Morgan fingerprint density at radius 2 is 1.65 bits per heavy atom. The lowest BCUT2D eigenvalue weighted by Gasteiger charge is -2.18. The number of hydrogen-bond acceptors (Lipinski definition) is 1. The second kappa shape index (κ2) is 6.95. The number of benzene rings is 2. The van der Waals surface area contributed by atoms with Crippen LogP contribution in [0.15, 0.2) is 46.9 Å². The molecule has 106 valence electrons. The average Bonchev–Trinajstić information content (AvgIpc) is 2.44. The van der Waals surface area contributed by atoms with Gasteiger partial charge in [0.2, 0.25) is 0 Å². The fourth-order valence-corrected chi connectivity index (χ4v) is 2.63. The average molecular weight is 340 g/mol. The number of hydrogen-bond donors (Lipinski definition) is 1. The molecule has 1 N–H and O–H groups in total. The highest BCUT2D eigenvalue weighted by molar-refractivity contribution is 9.10. The normalized spacial score (nSPS) is 12.4. The van der Waals surface area contributed by atoms with Crippen molar-refractivity contribution < 1.29 is 8.78 Å². The molecule has 0 aromatic heterocycles. The number of likely N-dealkylation sites (N-methyl/N-ethyl adjacent to an activating group) is 1. The van der Waals surface area contributed by atoms with Gasteiger partial charge in [0.1, 0.15) is 11.6 Å². The van der Waals surface area contributed by atoms with Crippen molar-refractivity contribution in [2.45, 2.75) is 18.9 Å². The highest BCUT2D eigenvalue weighted by atomic mass is 79.9. The Hall–Kier alpha value is -1.26. The molecule has 1 unspecified atom stereocenters. The highest BCUT2D eigenvalue weighted by Crippen LogP contribution is 2.20. The van der Waals surface area contributed by atoms with Crippen LogP contribution in [0.3, 0.4) is 0 Å². The lowest BCUT2D eigenvalue weighted by Crippen LogP contribution is -2.30. The van der Waals surface area contributed by atoms with Crippen LogP contribution in [0.25, 0.3) is 0 Å². The zero-order valence-corrected chi connectivity index (χ0v) is 12.8. The molecule has 0 aliphatic rings. The minimum absolute atomic E-state index is 0.0277. The van der Waals surface area contributed by atoms with Gasteiger partial charge in [-0.1, -0.05) is 40.2 Å². The molecule has 20 heavy (non-hydrogen) atoms. The van der Waals surface area contributed by atoms with Crippen LogP contribution in [-0.2, 0) is 12.8 Å². The molecule has 0 fully saturated rings. The smallest absolute Gasteiger partial charge is 0.129 e. The predicted octanol–water partition coefficient (Wildman–Crippen LogP) is 4.10. The van der Waals surface area contributed by atoms with Crippen molar-refractivity contribution >= 4 is 15.9 Å². The fourth-order valence-electron chi connectivity index (χ4n) is 2.18. The zero-order chi connectivity index (χ0) is 14.5. The van der Waals surface area contributed by atoms with E-state index in [1.54, 1.807) is 7.05 Å². The highest BCUT2D eigenvalue weighted by Gasteiger charge is 2.15. The molecule has 0 amide bonds. The van der Waals surface area contributed by atoms with Gasteiger partial charge < -0.3 is 5.32 Å². The van der Waals surface area contributed by atoms with Crippen LogP contribution in [0.4, 0.5) is 8.78 Å². The molecule has 1 nitrogen and oxygen atoms in total. The molecule has 0 aliphatic heterocycles. The Morgan fingerprint density at radius 3 is 2.25 bits per heavy atom. The van der Waals surface area contributed by atoms with Gasteiger partial charge in [-0.25, -0.2) is 8.78 Å². The summed E-state index contributed by atoms with van der Waals surface area (Å²) in [6, 6.07) is 11.8. The third-order valence-corrected chi connectivity index (χ3v) is 4.12. The van der Waals surface area contributed by atoms with Crippen molar-refractivity contribution in [3.8, 4) is 0 Å². The summed E-state index contributed by atoms with van der Waals surface area (Å²) in [6.45, 7) is 0. The zero-order valence-electron chi connectivity index (χ0n) is 11.2. The molecule has 2 rings (SSSR count). The van der Waals surface area contributed by atoms with Crippen LogP contribution in [0.5, 0.6) is 0 Å². The molecule has 0 spiro atoms. The molecule has 2 aromatic rings. The molecule has 0 aliphatic carbocycles. The first-order valence-corrected chi connectivity index (χ1v) is 7.24.